The molecule has 0 aliphatic carbocycles. The van der Waals surface area contributed by atoms with E-state index in [-0.39, 0.29) is 11.8 Å². The van der Waals surface area contributed by atoms with Gasteiger partial charge >= 0.3 is 5.97 Å². The van der Waals surface area contributed by atoms with Crippen molar-refractivity contribution in [2.45, 2.75) is 31.9 Å². The third-order valence-corrected chi connectivity index (χ3v) is 1.80. The minimum atomic E-state index is -0.464. The van der Waals surface area contributed by atoms with Crippen LogP contribution in [0.15, 0.2) is 0 Å². The molecule has 70 valence electrons. The maximum absolute atomic E-state index is 10.9. The molecule has 0 saturated heterocycles. The van der Waals surface area contributed by atoms with Crippen LogP contribution in [0.3, 0.4) is 0 Å². The molecule has 4 heteroatoms. The monoisotopic (exact) mass is 190 g/mol. The number of thiol groups is 1. The summed E-state index contributed by atoms with van der Waals surface area (Å²) in [6, 6.07) is 0. The highest BCUT2D eigenvalue weighted by Crippen LogP contribution is 2.07. The summed E-state index contributed by atoms with van der Waals surface area (Å²) in [6.45, 7) is 3.59. The van der Waals surface area contributed by atoms with Crippen molar-refractivity contribution in [3.05, 3.63) is 0 Å². The molecule has 0 fully saturated rings. The summed E-state index contributed by atoms with van der Waals surface area (Å²) >= 11 is 4.01. The zero-order chi connectivity index (χ0) is 9.56. The molecule has 0 amide bonds. The maximum Gasteiger partial charge on any atom is 0.318 e. The minimum absolute atomic E-state index is 0.0679. The van der Waals surface area contributed by atoms with E-state index in [0.29, 0.717) is 19.4 Å². The lowest BCUT2D eigenvalue weighted by Gasteiger charge is -2.07. The van der Waals surface area contributed by atoms with Crippen LogP contribution in [0.5, 0.6) is 0 Å². The number of ketones is 1. The Hall–Kier alpha value is -0.510. The Labute approximate surface area is 77.9 Å². The first-order valence-electron chi connectivity index (χ1n) is 3.92. The molecule has 12 heavy (non-hydrogen) atoms. The molecule has 0 bridgehead atoms. The summed E-state index contributed by atoms with van der Waals surface area (Å²) in [4.78, 5) is 21.5. The van der Waals surface area contributed by atoms with Crippen molar-refractivity contribution in [3.63, 3.8) is 0 Å². The number of rotatable bonds is 5. The molecule has 3 nitrogen and oxygen atoms in total. The van der Waals surface area contributed by atoms with Gasteiger partial charge in [-0.05, 0) is 20.3 Å². The van der Waals surface area contributed by atoms with E-state index in [2.05, 4.69) is 12.6 Å². The standard InChI is InChI=1S/C8H14O3S/c1-3-11-8(10)7(12)5-4-6(2)9/h7,12H,3-5H2,1-2H3. The van der Waals surface area contributed by atoms with Crippen LogP contribution in [-0.4, -0.2) is 23.6 Å². The van der Waals surface area contributed by atoms with Gasteiger partial charge < -0.3 is 9.53 Å². The summed E-state index contributed by atoms with van der Waals surface area (Å²) in [5.74, 6) is -0.277. The summed E-state index contributed by atoms with van der Waals surface area (Å²) in [5.41, 5.74) is 0. The second-order valence-electron chi connectivity index (χ2n) is 2.51. The number of hydrogen-bond donors (Lipinski definition) is 1. The zero-order valence-corrected chi connectivity index (χ0v) is 8.27. The average Bonchev–Trinajstić information content (AvgIpc) is 2.00. The van der Waals surface area contributed by atoms with E-state index in [4.69, 9.17) is 4.74 Å². The smallest absolute Gasteiger partial charge is 0.318 e. The van der Waals surface area contributed by atoms with Gasteiger partial charge in [-0.1, -0.05) is 0 Å². The average molecular weight is 190 g/mol. The van der Waals surface area contributed by atoms with E-state index >= 15 is 0 Å². The second kappa shape index (κ2) is 6.06. The first-order chi connectivity index (χ1) is 5.57. The topological polar surface area (TPSA) is 43.4 Å². The van der Waals surface area contributed by atoms with Crippen molar-refractivity contribution in [1.29, 1.82) is 0 Å². The normalized spacial score (nSPS) is 12.2. The van der Waals surface area contributed by atoms with Crippen LogP contribution in [0.25, 0.3) is 0 Å². The maximum atomic E-state index is 10.9. The van der Waals surface area contributed by atoms with Gasteiger partial charge in [0.05, 0.1) is 11.9 Å². The van der Waals surface area contributed by atoms with E-state index < -0.39 is 5.25 Å². The van der Waals surface area contributed by atoms with Gasteiger partial charge in [0.25, 0.3) is 0 Å². The molecular formula is C8H14O3S. The third-order valence-electron chi connectivity index (χ3n) is 1.33. The molecule has 0 spiro atoms. The fourth-order valence-corrected chi connectivity index (χ4v) is 0.900. The molecule has 0 rings (SSSR count). The number of carbonyl (C=O) groups is 2. The fourth-order valence-electron chi connectivity index (χ4n) is 0.696. The summed E-state index contributed by atoms with van der Waals surface area (Å²) < 4.78 is 4.71. The Kier molecular flexibility index (Phi) is 5.80. The Morgan fingerprint density at radius 3 is 2.50 bits per heavy atom. The van der Waals surface area contributed by atoms with Crippen LogP contribution in [0.1, 0.15) is 26.7 Å². The van der Waals surface area contributed by atoms with Gasteiger partial charge in [0.15, 0.2) is 0 Å². The molecule has 0 aliphatic heterocycles. The molecule has 0 radical (unpaired) electrons. The van der Waals surface area contributed by atoms with Crippen LogP contribution in [0.2, 0.25) is 0 Å². The van der Waals surface area contributed by atoms with Gasteiger partial charge in [-0.3, -0.25) is 4.79 Å². The predicted molar refractivity (Wildman–Crippen MR) is 49.3 cm³/mol. The molecule has 0 aromatic carbocycles. The van der Waals surface area contributed by atoms with E-state index in [1.54, 1.807) is 6.92 Å². The van der Waals surface area contributed by atoms with Crippen molar-refractivity contribution < 1.29 is 14.3 Å². The third kappa shape index (κ3) is 5.18. The summed E-state index contributed by atoms with van der Waals surface area (Å²) in [6.07, 6.45) is 0.838. The molecule has 0 saturated carbocycles. The Balaban J connectivity index is 3.63. The lowest BCUT2D eigenvalue weighted by atomic mass is 10.2. The second-order valence-corrected chi connectivity index (χ2v) is 3.13. The summed E-state index contributed by atoms with van der Waals surface area (Å²) in [5, 5.41) is -0.464. The number of ether oxygens (including phenoxy) is 1. The van der Waals surface area contributed by atoms with Crippen LogP contribution in [0, 0.1) is 0 Å². The van der Waals surface area contributed by atoms with Gasteiger partial charge in [0.2, 0.25) is 0 Å². The van der Waals surface area contributed by atoms with Gasteiger partial charge in [-0.15, -0.1) is 0 Å². The van der Waals surface area contributed by atoms with Gasteiger partial charge in [0.1, 0.15) is 5.78 Å². The number of carbonyl (C=O) groups excluding carboxylic acids is 2. The highest BCUT2D eigenvalue weighted by molar-refractivity contribution is 7.81. The summed E-state index contributed by atoms with van der Waals surface area (Å²) in [7, 11) is 0. The highest BCUT2D eigenvalue weighted by Gasteiger charge is 2.14. The van der Waals surface area contributed by atoms with Crippen LogP contribution in [-0.2, 0) is 14.3 Å². The van der Waals surface area contributed by atoms with Gasteiger partial charge in [-0.25, -0.2) is 0 Å². The minimum Gasteiger partial charge on any atom is -0.465 e. The van der Waals surface area contributed by atoms with Crippen molar-refractivity contribution in [2.75, 3.05) is 6.61 Å². The van der Waals surface area contributed by atoms with E-state index in [0.717, 1.165) is 0 Å². The SMILES string of the molecule is CCOC(=O)C(S)CCC(C)=O. The van der Waals surface area contributed by atoms with Gasteiger partial charge in [-0.2, -0.15) is 12.6 Å². The quantitative estimate of drug-likeness (QED) is 0.523. The first-order valence-corrected chi connectivity index (χ1v) is 4.43. The Bertz CT molecular complexity index is 168. The molecule has 1 atom stereocenters. The molecular weight excluding hydrogens is 176 g/mol. The zero-order valence-electron chi connectivity index (χ0n) is 7.37. The van der Waals surface area contributed by atoms with Crippen LogP contribution >= 0.6 is 12.6 Å². The van der Waals surface area contributed by atoms with Crippen LogP contribution < -0.4 is 0 Å². The Morgan fingerprint density at radius 2 is 2.08 bits per heavy atom. The van der Waals surface area contributed by atoms with E-state index in [1.807, 2.05) is 0 Å². The van der Waals surface area contributed by atoms with Crippen molar-refractivity contribution >= 4 is 24.4 Å². The van der Waals surface area contributed by atoms with Gasteiger partial charge in [0, 0.05) is 6.42 Å². The van der Waals surface area contributed by atoms with Crippen molar-refractivity contribution in [3.8, 4) is 0 Å². The lowest BCUT2D eigenvalue weighted by Crippen LogP contribution is -2.18. The molecule has 0 aliphatic rings. The highest BCUT2D eigenvalue weighted by atomic mass is 32.1. The Morgan fingerprint density at radius 1 is 1.50 bits per heavy atom. The molecule has 0 N–H and O–H groups in total. The van der Waals surface area contributed by atoms with E-state index in [1.165, 1.54) is 6.92 Å². The molecule has 0 aromatic heterocycles. The first kappa shape index (κ1) is 11.5. The molecule has 1 unspecified atom stereocenters. The largest absolute Gasteiger partial charge is 0.465 e. The lowest BCUT2D eigenvalue weighted by molar-refractivity contribution is -0.142. The molecule has 0 heterocycles. The number of Topliss-reactive ketones (excluding diaryl/α,β-unsaturated/α-hetero) is 1. The predicted octanol–water partition coefficient (Wildman–Crippen LogP) is 1.22. The molecule has 0 aromatic rings. The fraction of sp³-hybridized carbons (Fsp3) is 0.750. The van der Waals surface area contributed by atoms with Crippen LogP contribution in [0.4, 0.5) is 0 Å². The number of hydrogen-bond acceptors (Lipinski definition) is 4. The van der Waals surface area contributed by atoms with Crippen molar-refractivity contribution in [2.24, 2.45) is 0 Å². The number of esters is 1. The van der Waals surface area contributed by atoms with E-state index in [9.17, 15) is 9.59 Å². The van der Waals surface area contributed by atoms with Crippen molar-refractivity contribution in [1.82, 2.24) is 0 Å².